The van der Waals surface area contributed by atoms with Crippen LogP contribution in [0, 0.1) is 0 Å². The molecule has 1 saturated heterocycles. The Balaban J connectivity index is 1.86. The van der Waals surface area contributed by atoms with E-state index >= 15 is 0 Å². The van der Waals surface area contributed by atoms with Crippen molar-refractivity contribution in [2.24, 2.45) is 0 Å². The quantitative estimate of drug-likeness (QED) is 0.625. The van der Waals surface area contributed by atoms with Crippen LogP contribution in [0.3, 0.4) is 0 Å². The summed E-state index contributed by atoms with van der Waals surface area (Å²) in [5.41, 5.74) is 14.6. The molecule has 1 heterocycles. The first-order valence-electron chi connectivity index (χ1n) is 6.64. The van der Waals surface area contributed by atoms with Crippen LogP contribution in [0.2, 0.25) is 0 Å². The summed E-state index contributed by atoms with van der Waals surface area (Å²) >= 11 is 0. The minimum atomic E-state index is 0.797. The number of nitrogens with zero attached hydrogens (tertiary/aromatic N) is 1. The lowest BCUT2D eigenvalue weighted by Gasteiger charge is -2.37. The maximum absolute atomic E-state index is 5.96. The lowest BCUT2D eigenvalue weighted by molar-refractivity contribution is -0.917. The molecule has 2 rings (SSSR count). The van der Waals surface area contributed by atoms with E-state index in [0.29, 0.717) is 0 Å². The molecular formula is C14H24N3O+. The van der Waals surface area contributed by atoms with E-state index in [1.165, 1.54) is 12.1 Å². The third kappa shape index (κ3) is 3.37. The Bertz CT molecular complexity index is 400. The van der Waals surface area contributed by atoms with E-state index in [2.05, 4.69) is 7.05 Å². The minimum absolute atomic E-state index is 0.797. The lowest BCUT2D eigenvalue weighted by atomic mass is 10.1. The van der Waals surface area contributed by atoms with Gasteiger partial charge >= 0.3 is 0 Å². The van der Waals surface area contributed by atoms with Crippen molar-refractivity contribution in [3.63, 3.8) is 0 Å². The molecular weight excluding hydrogens is 226 g/mol. The number of aryl methyl sites for hydroxylation is 1. The van der Waals surface area contributed by atoms with Gasteiger partial charge in [-0.2, -0.15) is 0 Å². The molecule has 1 aliphatic heterocycles. The highest BCUT2D eigenvalue weighted by Gasteiger charge is 2.24. The zero-order valence-corrected chi connectivity index (χ0v) is 11.2. The molecule has 0 aliphatic carbocycles. The van der Waals surface area contributed by atoms with Crippen molar-refractivity contribution in [1.29, 1.82) is 0 Å². The Kier molecular flexibility index (Phi) is 4.09. The Morgan fingerprint density at radius 1 is 1.22 bits per heavy atom. The molecule has 1 aliphatic rings. The van der Waals surface area contributed by atoms with Crippen molar-refractivity contribution >= 4 is 11.4 Å². The average Bonchev–Trinajstić information content (AvgIpc) is 2.34. The van der Waals surface area contributed by atoms with Gasteiger partial charge in [0, 0.05) is 17.8 Å². The van der Waals surface area contributed by atoms with E-state index in [-0.39, 0.29) is 0 Å². The summed E-state index contributed by atoms with van der Waals surface area (Å²) in [6.07, 6.45) is 2.15. The normalized spacial score (nSPS) is 18.7. The fraction of sp³-hybridized carbons (Fsp3) is 0.571. The number of likely N-dealkylation sites (N-methyl/N-ethyl adjacent to an activating group) is 1. The number of nitrogens with two attached hydrogens (primary N) is 2. The van der Waals surface area contributed by atoms with Crippen LogP contribution in [-0.4, -0.2) is 44.4 Å². The van der Waals surface area contributed by atoms with Gasteiger partial charge in [0.2, 0.25) is 0 Å². The van der Waals surface area contributed by atoms with Gasteiger partial charge in [-0.3, -0.25) is 0 Å². The van der Waals surface area contributed by atoms with Gasteiger partial charge in [0.05, 0.1) is 26.8 Å². The first kappa shape index (κ1) is 13.2. The summed E-state index contributed by atoms with van der Waals surface area (Å²) in [4.78, 5) is 0. The Hall–Kier alpha value is -1.26. The third-order valence-corrected chi connectivity index (χ3v) is 3.86. The molecule has 0 spiro atoms. The topological polar surface area (TPSA) is 61.3 Å². The van der Waals surface area contributed by atoms with E-state index in [4.69, 9.17) is 16.2 Å². The predicted molar refractivity (Wildman–Crippen MR) is 75.2 cm³/mol. The zero-order valence-electron chi connectivity index (χ0n) is 11.2. The highest BCUT2D eigenvalue weighted by atomic mass is 16.5. The molecule has 0 saturated carbocycles. The van der Waals surface area contributed by atoms with Crippen LogP contribution in [0.1, 0.15) is 12.0 Å². The van der Waals surface area contributed by atoms with Gasteiger partial charge in [0.15, 0.2) is 0 Å². The largest absolute Gasteiger partial charge is 0.399 e. The average molecular weight is 250 g/mol. The van der Waals surface area contributed by atoms with Crippen molar-refractivity contribution in [3.05, 3.63) is 23.8 Å². The van der Waals surface area contributed by atoms with E-state index in [9.17, 15) is 0 Å². The number of anilines is 2. The number of hydrogen-bond acceptors (Lipinski definition) is 3. The Morgan fingerprint density at radius 2 is 1.94 bits per heavy atom. The molecule has 18 heavy (non-hydrogen) atoms. The van der Waals surface area contributed by atoms with Gasteiger partial charge in [-0.1, -0.05) is 0 Å². The fourth-order valence-electron chi connectivity index (χ4n) is 2.50. The Labute approximate surface area is 109 Å². The second kappa shape index (κ2) is 5.59. The van der Waals surface area contributed by atoms with Crippen LogP contribution in [0.4, 0.5) is 11.4 Å². The molecule has 1 aromatic rings. The molecule has 1 aromatic carbocycles. The zero-order chi connectivity index (χ0) is 13.0. The Morgan fingerprint density at radius 3 is 2.67 bits per heavy atom. The van der Waals surface area contributed by atoms with Crippen molar-refractivity contribution < 1.29 is 9.22 Å². The molecule has 0 aromatic heterocycles. The third-order valence-electron chi connectivity index (χ3n) is 3.86. The number of nitrogen functional groups attached to an aromatic ring is 2. The van der Waals surface area contributed by atoms with E-state index in [0.717, 1.165) is 55.0 Å². The number of morpholine rings is 1. The van der Waals surface area contributed by atoms with Gasteiger partial charge in [0.1, 0.15) is 13.1 Å². The lowest BCUT2D eigenvalue weighted by Crippen LogP contribution is -2.52. The molecule has 0 unspecified atom stereocenters. The summed E-state index contributed by atoms with van der Waals surface area (Å²) in [6, 6.07) is 5.75. The van der Waals surface area contributed by atoms with Crippen molar-refractivity contribution in [2.45, 2.75) is 12.8 Å². The maximum atomic E-state index is 5.96. The van der Waals surface area contributed by atoms with E-state index in [1.54, 1.807) is 0 Å². The smallest absolute Gasteiger partial charge is 0.102 e. The second-order valence-electron chi connectivity index (χ2n) is 5.46. The van der Waals surface area contributed by atoms with E-state index in [1.807, 2.05) is 18.2 Å². The van der Waals surface area contributed by atoms with Crippen molar-refractivity contribution in [2.75, 3.05) is 51.4 Å². The predicted octanol–water partition coefficient (Wildman–Crippen LogP) is 1.26. The van der Waals surface area contributed by atoms with Gasteiger partial charge < -0.3 is 20.7 Å². The SMILES string of the molecule is C[N+]1(CCCc2cc(N)ccc2N)CCOCC1. The first-order chi connectivity index (χ1) is 8.59. The van der Waals surface area contributed by atoms with E-state index < -0.39 is 0 Å². The van der Waals surface area contributed by atoms with Crippen LogP contribution in [0.25, 0.3) is 0 Å². The molecule has 4 N–H and O–H groups in total. The van der Waals surface area contributed by atoms with Gasteiger partial charge in [-0.15, -0.1) is 0 Å². The molecule has 0 amide bonds. The monoisotopic (exact) mass is 250 g/mol. The summed E-state index contributed by atoms with van der Waals surface area (Å²) in [7, 11) is 2.31. The summed E-state index contributed by atoms with van der Waals surface area (Å²) in [5.74, 6) is 0. The van der Waals surface area contributed by atoms with Crippen LogP contribution in [0.5, 0.6) is 0 Å². The number of benzene rings is 1. The number of rotatable bonds is 4. The fourth-order valence-corrected chi connectivity index (χ4v) is 2.50. The molecule has 4 nitrogen and oxygen atoms in total. The maximum Gasteiger partial charge on any atom is 0.102 e. The second-order valence-corrected chi connectivity index (χ2v) is 5.46. The molecule has 4 heteroatoms. The highest BCUT2D eigenvalue weighted by molar-refractivity contribution is 5.55. The molecule has 100 valence electrons. The minimum Gasteiger partial charge on any atom is -0.399 e. The highest BCUT2D eigenvalue weighted by Crippen LogP contribution is 2.18. The first-order valence-corrected chi connectivity index (χ1v) is 6.64. The van der Waals surface area contributed by atoms with Crippen LogP contribution >= 0.6 is 0 Å². The summed E-state index contributed by atoms with van der Waals surface area (Å²) in [5, 5.41) is 0. The number of quaternary nitrogens is 1. The van der Waals surface area contributed by atoms with Gasteiger partial charge in [0.25, 0.3) is 0 Å². The van der Waals surface area contributed by atoms with Gasteiger partial charge in [-0.05, 0) is 30.2 Å². The summed E-state index contributed by atoms with van der Waals surface area (Å²) in [6.45, 7) is 5.18. The molecule has 0 bridgehead atoms. The molecule has 0 radical (unpaired) electrons. The van der Waals surface area contributed by atoms with Crippen LogP contribution in [-0.2, 0) is 11.2 Å². The van der Waals surface area contributed by atoms with Gasteiger partial charge in [-0.25, -0.2) is 0 Å². The van der Waals surface area contributed by atoms with Crippen molar-refractivity contribution in [3.8, 4) is 0 Å². The van der Waals surface area contributed by atoms with Crippen LogP contribution < -0.4 is 11.5 Å². The van der Waals surface area contributed by atoms with Crippen LogP contribution in [0.15, 0.2) is 18.2 Å². The standard InChI is InChI=1S/C14H24N3O/c1-17(7-9-18-10-8-17)6-2-3-12-11-13(15)4-5-14(12)16/h4-5,11H,2-3,6-10,15-16H2,1H3/q+1. The number of ether oxygens (including phenoxy) is 1. The molecule has 1 fully saturated rings. The number of hydrogen-bond donors (Lipinski definition) is 2. The molecule has 0 atom stereocenters. The summed E-state index contributed by atoms with van der Waals surface area (Å²) < 4.78 is 6.53. The van der Waals surface area contributed by atoms with Crippen molar-refractivity contribution in [1.82, 2.24) is 0 Å².